The van der Waals surface area contributed by atoms with Crippen molar-refractivity contribution in [3.05, 3.63) is 69.8 Å². The van der Waals surface area contributed by atoms with Gasteiger partial charge in [0, 0.05) is 16.0 Å². The Kier molecular flexibility index (Phi) is 4.39. The molecule has 0 aliphatic heterocycles. The van der Waals surface area contributed by atoms with Gasteiger partial charge in [0.05, 0.1) is 23.3 Å². The average molecular weight is 414 g/mol. The lowest BCUT2D eigenvalue weighted by molar-refractivity contribution is -0.121. The van der Waals surface area contributed by atoms with Crippen molar-refractivity contribution in [2.75, 3.05) is 0 Å². The SMILES string of the molecule is O=C(Cc1csc(-c2ccccn2)n1)NC1(c2ccc(Br)cc2)CC1. The number of rotatable bonds is 5. The van der Waals surface area contributed by atoms with E-state index in [2.05, 4.69) is 43.3 Å². The van der Waals surface area contributed by atoms with Gasteiger partial charge < -0.3 is 5.32 Å². The molecule has 6 heteroatoms. The molecule has 0 atom stereocenters. The van der Waals surface area contributed by atoms with Crippen LogP contribution in [-0.4, -0.2) is 15.9 Å². The average Bonchev–Trinajstić information content (AvgIpc) is 3.25. The highest BCUT2D eigenvalue weighted by molar-refractivity contribution is 9.10. The van der Waals surface area contributed by atoms with Gasteiger partial charge >= 0.3 is 0 Å². The van der Waals surface area contributed by atoms with E-state index in [9.17, 15) is 4.79 Å². The van der Waals surface area contributed by atoms with Crippen LogP contribution in [0.1, 0.15) is 24.1 Å². The fourth-order valence-corrected chi connectivity index (χ4v) is 3.91. The molecule has 2 heterocycles. The quantitative estimate of drug-likeness (QED) is 0.677. The van der Waals surface area contributed by atoms with Crippen molar-refractivity contribution in [1.29, 1.82) is 0 Å². The summed E-state index contributed by atoms with van der Waals surface area (Å²) in [5.41, 5.74) is 2.59. The molecule has 1 aromatic carbocycles. The van der Waals surface area contributed by atoms with E-state index in [1.165, 1.54) is 11.3 Å². The van der Waals surface area contributed by atoms with E-state index < -0.39 is 0 Å². The first-order chi connectivity index (χ1) is 12.1. The number of aromatic nitrogens is 2. The Labute approximate surface area is 158 Å². The highest BCUT2D eigenvalue weighted by Crippen LogP contribution is 2.45. The Morgan fingerprint density at radius 3 is 2.68 bits per heavy atom. The van der Waals surface area contributed by atoms with E-state index in [1.807, 2.05) is 35.7 Å². The van der Waals surface area contributed by atoms with Crippen LogP contribution < -0.4 is 5.32 Å². The lowest BCUT2D eigenvalue weighted by atomic mass is 10.0. The third-order valence-corrected chi connectivity index (χ3v) is 5.75. The summed E-state index contributed by atoms with van der Waals surface area (Å²) in [5, 5.41) is 5.97. The molecule has 25 heavy (non-hydrogen) atoms. The topological polar surface area (TPSA) is 54.9 Å². The zero-order chi connectivity index (χ0) is 17.3. The van der Waals surface area contributed by atoms with Crippen LogP contribution in [0.15, 0.2) is 58.5 Å². The number of amides is 1. The summed E-state index contributed by atoms with van der Waals surface area (Å²) < 4.78 is 1.04. The summed E-state index contributed by atoms with van der Waals surface area (Å²) in [6.07, 6.45) is 4.01. The number of hydrogen-bond donors (Lipinski definition) is 1. The molecule has 0 spiro atoms. The van der Waals surface area contributed by atoms with Crippen molar-refractivity contribution in [2.45, 2.75) is 24.8 Å². The number of nitrogens with one attached hydrogen (secondary N) is 1. The van der Waals surface area contributed by atoms with Crippen molar-refractivity contribution in [1.82, 2.24) is 15.3 Å². The second kappa shape index (κ2) is 6.69. The maximum atomic E-state index is 12.5. The fourth-order valence-electron chi connectivity index (χ4n) is 2.85. The van der Waals surface area contributed by atoms with E-state index in [-0.39, 0.29) is 11.4 Å². The first-order valence-electron chi connectivity index (χ1n) is 8.07. The van der Waals surface area contributed by atoms with Crippen LogP contribution in [0.3, 0.4) is 0 Å². The third-order valence-electron chi connectivity index (χ3n) is 4.30. The Morgan fingerprint density at radius 1 is 1.20 bits per heavy atom. The zero-order valence-electron chi connectivity index (χ0n) is 13.4. The number of benzene rings is 1. The molecule has 4 nitrogen and oxygen atoms in total. The number of nitrogens with zero attached hydrogens (tertiary/aromatic N) is 2. The molecule has 1 aliphatic rings. The summed E-state index contributed by atoms with van der Waals surface area (Å²) in [7, 11) is 0. The van der Waals surface area contributed by atoms with Crippen molar-refractivity contribution in [3.8, 4) is 10.7 Å². The number of carbonyl (C=O) groups excluding carboxylic acids is 1. The normalized spacial score (nSPS) is 14.9. The molecule has 0 saturated heterocycles. The number of carbonyl (C=O) groups is 1. The van der Waals surface area contributed by atoms with Gasteiger partial charge in [0.1, 0.15) is 5.01 Å². The lowest BCUT2D eigenvalue weighted by Crippen LogP contribution is -2.35. The predicted molar refractivity (Wildman–Crippen MR) is 102 cm³/mol. The number of halogens is 1. The van der Waals surface area contributed by atoms with Gasteiger partial charge in [-0.05, 0) is 42.7 Å². The molecule has 4 rings (SSSR count). The van der Waals surface area contributed by atoms with Crippen LogP contribution >= 0.6 is 27.3 Å². The van der Waals surface area contributed by atoms with Crippen molar-refractivity contribution >= 4 is 33.2 Å². The van der Waals surface area contributed by atoms with Gasteiger partial charge in [0.25, 0.3) is 0 Å². The molecule has 2 aromatic heterocycles. The predicted octanol–water partition coefficient (Wildman–Crippen LogP) is 4.32. The minimum atomic E-state index is -0.197. The highest BCUT2D eigenvalue weighted by atomic mass is 79.9. The highest BCUT2D eigenvalue weighted by Gasteiger charge is 2.45. The number of pyridine rings is 1. The van der Waals surface area contributed by atoms with E-state index in [0.717, 1.165) is 39.3 Å². The smallest absolute Gasteiger partial charge is 0.226 e. The monoisotopic (exact) mass is 413 g/mol. The number of hydrogen-bond acceptors (Lipinski definition) is 4. The molecule has 126 valence electrons. The maximum absolute atomic E-state index is 12.5. The van der Waals surface area contributed by atoms with Crippen LogP contribution in [0.5, 0.6) is 0 Å². The molecule has 3 aromatic rings. The van der Waals surface area contributed by atoms with Crippen LogP contribution in [0.25, 0.3) is 10.7 Å². The van der Waals surface area contributed by atoms with Gasteiger partial charge in [0.15, 0.2) is 0 Å². The summed E-state index contributed by atoms with van der Waals surface area (Å²) in [4.78, 5) is 21.3. The Bertz CT molecular complexity index is 889. The van der Waals surface area contributed by atoms with E-state index >= 15 is 0 Å². The lowest BCUT2D eigenvalue weighted by Gasteiger charge is -2.17. The van der Waals surface area contributed by atoms with Crippen molar-refractivity contribution in [2.24, 2.45) is 0 Å². The van der Waals surface area contributed by atoms with Gasteiger partial charge in [-0.25, -0.2) is 4.98 Å². The van der Waals surface area contributed by atoms with Crippen LogP contribution in [-0.2, 0) is 16.8 Å². The van der Waals surface area contributed by atoms with E-state index in [4.69, 9.17) is 0 Å². The molecular weight excluding hydrogens is 398 g/mol. The molecule has 1 fully saturated rings. The summed E-state index contributed by atoms with van der Waals surface area (Å²) in [5.74, 6) is 0.0123. The summed E-state index contributed by atoms with van der Waals surface area (Å²) >= 11 is 4.97. The first-order valence-corrected chi connectivity index (χ1v) is 9.75. The summed E-state index contributed by atoms with van der Waals surface area (Å²) in [6, 6.07) is 13.9. The molecule has 0 radical (unpaired) electrons. The molecule has 0 bridgehead atoms. The fraction of sp³-hybridized carbons (Fsp3) is 0.211. The van der Waals surface area contributed by atoms with Gasteiger partial charge in [-0.15, -0.1) is 11.3 Å². The van der Waals surface area contributed by atoms with Crippen molar-refractivity contribution in [3.63, 3.8) is 0 Å². The standard InChI is InChI=1S/C19H16BrN3OS/c20-14-6-4-13(5-7-14)19(8-9-19)23-17(24)11-15-12-25-18(22-15)16-3-1-2-10-21-16/h1-7,10,12H,8-9,11H2,(H,23,24). The van der Waals surface area contributed by atoms with Gasteiger partial charge in [0.2, 0.25) is 5.91 Å². The van der Waals surface area contributed by atoms with Crippen LogP contribution in [0.2, 0.25) is 0 Å². The molecule has 0 unspecified atom stereocenters. The van der Waals surface area contributed by atoms with Gasteiger partial charge in [-0.3, -0.25) is 9.78 Å². The molecule has 1 aliphatic carbocycles. The first kappa shape index (κ1) is 16.4. The molecule has 1 saturated carbocycles. The second-order valence-electron chi connectivity index (χ2n) is 6.17. The van der Waals surface area contributed by atoms with Crippen LogP contribution in [0.4, 0.5) is 0 Å². The Morgan fingerprint density at radius 2 is 2.00 bits per heavy atom. The van der Waals surface area contributed by atoms with E-state index in [1.54, 1.807) is 6.20 Å². The minimum absolute atomic E-state index is 0.0123. The largest absolute Gasteiger partial charge is 0.346 e. The van der Waals surface area contributed by atoms with E-state index in [0.29, 0.717) is 6.42 Å². The van der Waals surface area contributed by atoms with Gasteiger partial charge in [-0.2, -0.15) is 0 Å². The Balaban J connectivity index is 1.43. The molecule has 1 amide bonds. The van der Waals surface area contributed by atoms with Crippen molar-refractivity contribution < 1.29 is 4.79 Å². The van der Waals surface area contributed by atoms with Gasteiger partial charge in [-0.1, -0.05) is 34.1 Å². The number of thiazole rings is 1. The minimum Gasteiger partial charge on any atom is -0.346 e. The Hall–Kier alpha value is -2.05. The summed E-state index contributed by atoms with van der Waals surface area (Å²) in [6.45, 7) is 0. The third kappa shape index (κ3) is 3.65. The van der Waals surface area contributed by atoms with Crippen LogP contribution in [0, 0.1) is 0 Å². The molecule has 1 N–H and O–H groups in total. The molecular formula is C19H16BrN3OS. The zero-order valence-corrected chi connectivity index (χ0v) is 15.8. The maximum Gasteiger partial charge on any atom is 0.226 e. The second-order valence-corrected chi connectivity index (χ2v) is 7.95.